The number of halogens is 1. The van der Waals surface area contributed by atoms with E-state index in [1.165, 1.54) is 0 Å². The smallest absolute Gasteiger partial charge is 0.237 e. The molecule has 1 heterocycles. The highest BCUT2D eigenvalue weighted by Gasteiger charge is 2.24. The zero-order valence-electron chi connectivity index (χ0n) is 9.00. The van der Waals surface area contributed by atoms with Gasteiger partial charge in [-0.1, -0.05) is 0 Å². The number of hydrogen-bond donors (Lipinski definition) is 1. The van der Waals surface area contributed by atoms with Gasteiger partial charge < -0.3 is 10.2 Å². The number of thioether (sulfide) groups is 1. The third kappa shape index (κ3) is 2.13. The normalized spacial score (nSPS) is 14.9. The van der Waals surface area contributed by atoms with Crippen molar-refractivity contribution >= 4 is 40.6 Å². The Kier molecular flexibility index (Phi) is 3.61. The lowest BCUT2D eigenvalue weighted by Gasteiger charge is -2.28. The number of alkyl halides is 1. The molecule has 1 aromatic carbocycles. The molecular weight excluding hydrogens is 244 g/mol. The number of carbonyl (C=O) groups excluding carboxylic acids is 1. The van der Waals surface area contributed by atoms with Gasteiger partial charge in [-0.15, -0.1) is 23.4 Å². The van der Waals surface area contributed by atoms with Crippen LogP contribution in [0.5, 0.6) is 0 Å². The zero-order valence-corrected chi connectivity index (χ0v) is 10.6. The minimum Gasteiger partial charge on any atom is -0.388 e. The molecule has 0 bridgehead atoms. The number of nitrogens with one attached hydrogen (secondary N) is 1. The first-order valence-corrected chi connectivity index (χ1v) is 6.59. The van der Waals surface area contributed by atoms with Gasteiger partial charge in [0.15, 0.2) is 0 Å². The Morgan fingerprint density at radius 3 is 3.06 bits per heavy atom. The topological polar surface area (TPSA) is 32.3 Å². The average molecular weight is 257 g/mol. The van der Waals surface area contributed by atoms with Crippen LogP contribution in [0.15, 0.2) is 23.1 Å². The van der Waals surface area contributed by atoms with Crippen LogP contribution in [0.25, 0.3) is 0 Å². The van der Waals surface area contributed by atoms with Gasteiger partial charge in [-0.2, -0.15) is 0 Å². The summed E-state index contributed by atoms with van der Waals surface area (Å²) in [6.07, 6.45) is 0. The van der Waals surface area contributed by atoms with Crippen molar-refractivity contribution in [2.75, 3.05) is 35.4 Å². The largest absolute Gasteiger partial charge is 0.388 e. The number of nitrogens with zero attached hydrogens (tertiary/aromatic N) is 1. The molecule has 0 unspecified atom stereocenters. The van der Waals surface area contributed by atoms with Crippen molar-refractivity contribution in [2.45, 2.75) is 4.90 Å². The summed E-state index contributed by atoms with van der Waals surface area (Å²) < 4.78 is 0. The third-order valence-corrected chi connectivity index (χ3v) is 3.72. The molecule has 1 aliphatic rings. The summed E-state index contributed by atoms with van der Waals surface area (Å²) >= 11 is 7.31. The Hall–Kier alpha value is -0.870. The fraction of sp³-hybridized carbons (Fsp3) is 0.364. The van der Waals surface area contributed by atoms with Gasteiger partial charge in [0.25, 0.3) is 0 Å². The number of carbonyl (C=O) groups is 1. The molecule has 1 aliphatic heterocycles. The summed E-state index contributed by atoms with van der Waals surface area (Å²) in [4.78, 5) is 14.7. The van der Waals surface area contributed by atoms with E-state index in [0.717, 1.165) is 16.3 Å². The number of benzene rings is 1. The van der Waals surface area contributed by atoms with Gasteiger partial charge in [0.2, 0.25) is 5.91 Å². The second-order valence-electron chi connectivity index (χ2n) is 3.46. The number of hydrogen-bond acceptors (Lipinski definition) is 3. The lowest BCUT2D eigenvalue weighted by molar-refractivity contribution is -0.116. The summed E-state index contributed by atoms with van der Waals surface area (Å²) in [6.45, 7) is 0.571. The van der Waals surface area contributed by atoms with Crippen LogP contribution in [0.4, 0.5) is 11.4 Å². The molecule has 0 atom stereocenters. The predicted octanol–water partition coefficient (Wildman–Crippen LogP) is 2.41. The first-order chi connectivity index (χ1) is 7.76. The van der Waals surface area contributed by atoms with Gasteiger partial charge in [0.1, 0.15) is 0 Å². The molecule has 3 nitrogen and oxygen atoms in total. The van der Waals surface area contributed by atoms with Crippen molar-refractivity contribution in [2.24, 2.45) is 0 Å². The van der Waals surface area contributed by atoms with E-state index in [9.17, 15) is 4.79 Å². The van der Waals surface area contributed by atoms with E-state index in [2.05, 4.69) is 5.32 Å². The van der Waals surface area contributed by atoms with Gasteiger partial charge in [-0.25, -0.2) is 0 Å². The van der Waals surface area contributed by atoms with E-state index >= 15 is 0 Å². The lowest BCUT2D eigenvalue weighted by atomic mass is 10.2. The van der Waals surface area contributed by atoms with E-state index in [0.29, 0.717) is 18.2 Å². The van der Waals surface area contributed by atoms with Gasteiger partial charge in [0.05, 0.1) is 11.4 Å². The van der Waals surface area contributed by atoms with Crippen LogP contribution >= 0.6 is 23.4 Å². The van der Waals surface area contributed by atoms with E-state index in [4.69, 9.17) is 11.6 Å². The van der Waals surface area contributed by atoms with E-state index in [1.807, 2.05) is 25.2 Å². The van der Waals surface area contributed by atoms with E-state index in [1.54, 1.807) is 16.7 Å². The van der Waals surface area contributed by atoms with Crippen LogP contribution in [0, 0.1) is 0 Å². The number of rotatable bonds is 3. The van der Waals surface area contributed by atoms with Gasteiger partial charge in [0, 0.05) is 30.1 Å². The highest BCUT2D eigenvalue weighted by atomic mass is 35.5. The standard InChI is InChI=1S/C11H13ClN2OS/c1-13-8-2-3-10-9(6-8)14(5-4-12)11(15)7-16-10/h2-3,6,13H,4-5,7H2,1H3. The summed E-state index contributed by atoms with van der Waals surface area (Å²) in [5.74, 6) is 1.09. The lowest BCUT2D eigenvalue weighted by Crippen LogP contribution is -2.36. The minimum atomic E-state index is 0.131. The fourth-order valence-corrected chi connectivity index (χ4v) is 2.77. The molecule has 86 valence electrons. The summed E-state index contributed by atoms with van der Waals surface area (Å²) in [6, 6.07) is 6.05. The molecule has 0 aromatic heterocycles. The van der Waals surface area contributed by atoms with Crippen molar-refractivity contribution in [1.29, 1.82) is 0 Å². The molecule has 0 saturated carbocycles. The molecular formula is C11H13ClN2OS. The molecule has 0 aliphatic carbocycles. The molecule has 1 amide bonds. The molecule has 0 fully saturated rings. The fourth-order valence-electron chi connectivity index (χ4n) is 1.69. The monoisotopic (exact) mass is 256 g/mol. The predicted molar refractivity (Wildman–Crippen MR) is 69.8 cm³/mol. The van der Waals surface area contributed by atoms with Crippen molar-refractivity contribution in [1.82, 2.24) is 0 Å². The van der Waals surface area contributed by atoms with Crippen molar-refractivity contribution in [3.63, 3.8) is 0 Å². The molecule has 2 rings (SSSR count). The summed E-state index contributed by atoms with van der Waals surface area (Å²) in [5.41, 5.74) is 1.97. The van der Waals surface area contributed by atoms with Crippen LogP contribution in [-0.4, -0.2) is 31.1 Å². The maximum Gasteiger partial charge on any atom is 0.237 e. The van der Waals surface area contributed by atoms with Gasteiger partial charge in [-0.05, 0) is 18.2 Å². The van der Waals surface area contributed by atoms with Crippen molar-refractivity contribution < 1.29 is 4.79 Å². The Bertz CT molecular complexity index is 411. The Morgan fingerprint density at radius 1 is 1.56 bits per heavy atom. The SMILES string of the molecule is CNc1ccc2c(c1)N(CCCl)C(=O)CS2. The van der Waals surface area contributed by atoms with Crippen LogP contribution < -0.4 is 10.2 Å². The minimum absolute atomic E-state index is 0.131. The van der Waals surface area contributed by atoms with Gasteiger partial charge in [-0.3, -0.25) is 4.79 Å². The summed E-state index contributed by atoms with van der Waals surface area (Å²) in [5, 5.41) is 3.07. The molecule has 0 saturated heterocycles. The number of amides is 1. The summed E-state index contributed by atoms with van der Waals surface area (Å²) in [7, 11) is 1.87. The molecule has 16 heavy (non-hydrogen) atoms. The van der Waals surface area contributed by atoms with E-state index < -0.39 is 0 Å². The first kappa shape index (κ1) is 11.6. The Morgan fingerprint density at radius 2 is 2.38 bits per heavy atom. The third-order valence-electron chi connectivity index (χ3n) is 2.50. The molecule has 0 spiro atoms. The average Bonchev–Trinajstić information content (AvgIpc) is 2.32. The maximum atomic E-state index is 11.8. The highest BCUT2D eigenvalue weighted by Crippen LogP contribution is 2.36. The number of anilines is 2. The van der Waals surface area contributed by atoms with Crippen LogP contribution in [-0.2, 0) is 4.79 Å². The van der Waals surface area contributed by atoms with Crippen LogP contribution in [0.1, 0.15) is 0 Å². The second kappa shape index (κ2) is 4.97. The van der Waals surface area contributed by atoms with Gasteiger partial charge >= 0.3 is 0 Å². The van der Waals surface area contributed by atoms with Crippen LogP contribution in [0.2, 0.25) is 0 Å². The van der Waals surface area contributed by atoms with E-state index in [-0.39, 0.29) is 5.91 Å². The Labute approximate surface area is 104 Å². The Balaban J connectivity index is 2.39. The number of fused-ring (bicyclic) bond motifs is 1. The molecule has 1 N–H and O–H groups in total. The molecule has 5 heteroatoms. The molecule has 1 aromatic rings. The zero-order chi connectivity index (χ0) is 11.5. The van der Waals surface area contributed by atoms with Crippen molar-refractivity contribution in [3.8, 4) is 0 Å². The second-order valence-corrected chi connectivity index (χ2v) is 4.85. The first-order valence-electron chi connectivity index (χ1n) is 5.07. The van der Waals surface area contributed by atoms with Crippen LogP contribution in [0.3, 0.4) is 0 Å². The van der Waals surface area contributed by atoms with Crippen molar-refractivity contribution in [3.05, 3.63) is 18.2 Å². The molecule has 0 radical (unpaired) electrons. The quantitative estimate of drug-likeness (QED) is 0.843. The maximum absolute atomic E-state index is 11.8. The highest BCUT2D eigenvalue weighted by molar-refractivity contribution is 8.00.